The van der Waals surface area contributed by atoms with Gasteiger partial charge in [0, 0.05) is 12.7 Å². The Bertz CT molecular complexity index is 761. The lowest BCUT2D eigenvalue weighted by Gasteiger charge is -2.24. The lowest BCUT2D eigenvalue weighted by Crippen LogP contribution is -2.38. The van der Waals surface area contributed by atoms with Crippen molar-refractivity contribution in [1.82, 2.24) is 9.99 Å². The number of carbonyl (C=O) groups excluding carboxylic acids is 1. The van der Waals surface area contributed by atoms with Crippen molar-refractivity contribution in [3.63, 3.8) is 0 Å². The van der Waals surface area contributed by atoms with Gasteiger partial charge in [-0.15, -0.1) is 0 Å². The Balaban J connectivity index is 1.76. The fourth-order valence-corrected chi connectivity index (χ4v) is 2.39. The van der Waals surface area contributed by atoms with Crippen molar-refractivity contribution < 1.29 is 4.79 Å². The summed E-state index contributed by atoms with van der Waals surface area (Å²) in [4.78, 5) is 16.9. The minimum Gasteiger partial charge on any atom is -0.296 e. The first-order valence-corrected chi connectivity index (χ1v) is 7.91. The van der Waals surface area contributed by atoms with Crippen molar-refractivity contribution in [2.45, 2.75) is 6.42 Å². The number of pyridine rings is 1. The van der Waals surface area contributed by atoms with Crippen LogP contribution in [-0.4, -0.2) is 22.4 Å². The molecule has 0 fully saturated rings. The zero-order chi connectivity index (χ0) is 16.6. The van der Waals surface area contributed by atoms with Crippen LogP contribution in [0.5, 0.6) is 0 Å². The lowest BCUT2D eigenvalue weighted by atomic mass is 10.1. The van der Waals surface area contributed by atoms with E-state index in [0.717, 1.165) is 12.1 Å². The molecule has 4 nitrogen and oxygen atoms in total. The number of hydrogen-bond donors (Lipinski definition) is 1. The molecule has 3 aromatic rings. The standard InChI is InChI=1S/C20H19N3O/c24-20(19-13-7-8-15-21-19)23(22-18-11-5-2-6-12-18)16-14-17-9-3-1-4-10-17/h1-13,15,22H,14,16H2. The van der Waals surface area contributed by atoms with Gasteiger partial charge in [0.2, 0.25) is 0 Å². The quantitative estimate of drug-likeness (QED) is 0.704. The van der Waals surface area contributed by atoms with Gasteiger partial charge in [0.15, 0.2) is 0 Å². The summed E-state index contributed by atoms with van der Waals surface area (Å²) in [5.74, 6) is -0.143. The first kappa shape index (κ1) is 15.7. The van der Waals surface area contributed by atoms with Crippen molar-refractivity contribution in [3.8, 4) is 0 Å². The fourth-order valence-electron chi connectivity index (χ4n) is 2.39. The highest BCUT2D eigenvalue weighted by atomic mass is 16.2. The van der Waals surface area contributed by atoms with Gasteiger partial charge in [0.05, 0.1) is 5.69 Å². The molecule has 1 heterocycles. The smallest absolute Gasteiger partial charge is 0.290 e. The van der Waals surface area contributed by atoms with Gasteiger partial charge in [-0.1, -0.05) is 54.6 Å². The first-order chi connectivity index (χ1) is 11.8. The van der Waals surface area contributed by atoms with E-state index in [-0.39, 0.29) is 5.91 Å². The second-order valence-corrected chi connectivity index (χ2v) is 5.39. The predicted molar refractivity (Wildman–Crippen MR) is 95.5 cm³/mol. The molecule has 0 aliphatic heterocycles. The Morgan fingerprint density at radius 2 is 1.54 bits per heavy atom. The number of hydrazine groups is 1. The maximum Gasteiger partial charge on any atom is 0.290 e. The van der Waals surface area contributed by atoms with Crippen LogP contribution in [-0.2, 0) is 6.42 Å². The fraction of sp³-hybridized carbons (Fsp3) is 0.100. The SMILES string of the molecule is O=C(c1ccccn1)N(CCc1ccccc1)Nc1ccccc1. The maximum absolute atomic E-state index is 12.8. The van der Waals surface area contributed by atoms with Gasteiger partial charge in [0.1, 0.15) is 5.69 Å². The zero-order valence-electron chi connectivity index (χ0n) is 13.3. The van der Waals surface area contributed by atoms with E-state index in [1.165, 1.54) is 5.56 Å². The van der Waals surface area contributed by atoms with Gasteiger partial charge >= 0.3 is 0 Å². The Morgan fingerprint density at radius 3 is 2.21 bits per heavy atom. The summed E-state index contributed by atoms with van der Waals surface area (Å²) < 4.78 is 0. The average Bonchev–Trinajstić information content (AvgIpc) is 2.67. The van der Waals surface area contributed by atoms with Gasteiger partial charge in [-0.3, -0.25) is 20.2 Å². The highest BCUT2D eigenvalue weighted by Gasteiger charge is 2.16. The molecule has 0 aliphatic carbocycles. The topological polar surface area (TPSA) is 45.2 Å². The Labute approximate surface area is 141 Å². The van der Waals surface area contributed by atoms with Gasteiger partial charge in [-0.05, 0) is 36.2 Å². The van der Waals surface area contributed by atoms with Gasteiger partial charge in [-0.25, -0.2) is 0 Å². The molecular formula is C20H19N3O. The third kappa shape index (κ3) is 4.20. The molecule has 0 bridgehead atoms. The molecule has 0 aliphatic rings. The highest BCUT2D eigenvalue weighted by Crippen LogP contribution is 2.11. The van der Waals surface area contributed by atoms with Crippen molar-refractivity contribution in [2.24, 2.45) is 0 Å². The summed E-state index contributed by atoms with van der Waals surface area (Å²) in [5.41, 5.74) is 5.67. The summed E-state index contributed by atoms with van der Waals surface area (Å²) >= 11 is 0. The van der Waals surface area contributed by atoms with Crippen LogP contribution in [0.3, 0.4) is 0 Å². The number of nitrogens with one attached hydrogen (secondary N) is 1. The second-order valence-electron chi connectivity index (χ2n) is 5.39. The van der Waals surface area contributed by atoms with Crippen LogP contribution in [0.4, 0.5) is 5.69 Å². The minimum absolute atomic E-state index is 0.143. The van der Waals surface area contributed by atoms with Crippen LogP contribution in [0.2, 0.25) is 0 Å². The van der Waals surface area contributed by atoms with Gasteiger partial charge in [-0.2, -0.15) is 0 Å². The van der Waals surface area contributed by atoms with Crippen molar-refractivity contribution in [1.29, 1.82) is 0 Å². The van der Waals surface area contributed by atoms with Gasteiger partial charge in [0.25, 0.3) is 5.91 Å². The van der Waals surface area contributed by atoms with Crippen LogP contribution in [0.1, 0.15) is 16.1 Å². The van der Waals surface area contributed by atoms with Crippen molar-refractivity contribution >= 4 is 11.6 Å². The van der Waals surface area contributed by atoms with E-state index in [1.54, 1.807) is 23.3 Å². The van der Waals surface area contributed by atoms with E-state index in [4.69, 9.17) is 0 Å². The van der Waals surface area contributed by atoms with E-state index in [1.807, 2.05) is 54.6 Å². The molecule has 4 heteroatoms. The number of rotatable bonds is 6. The molecule has 120 valence electrons. The molecule has 0 atom stereocenters. The van der Waals surface area contributed by atoms with E-state index >= 15 is 0 Å². The van der Waals surface area contributed by atoms with E-state index < -0.39 is 0 Å². The van der Waals surface area contributed by atoms with Crippen LogP contribution in [0.25, 0.3) is 0 Å². The zero-order valence-corrected chi connectivity index (χ0v) is 13.3. The molecule has 0 unspecified atom stereocenters. The molecule has 24 heavy (non-hydrogen) atoms. The van der Waals surface area contributed by atoms with Gasteiger partial charge < -0.3 is 0 Å². The van der Waals surface area contributed by atoms with Crippen molar-refractivity contribution in [2.75, 3.05) is 12.0 Å². The number of hydrogen-bond acceptors (Lipinski definition) is 3. The summed E-state index contributed by atoms with van der Waals surface area (Å²) in [6.07, 6.45) is 2.39. The normalized spacial score (nSPS) is 10.2. The number of nitrogens with zero attached hydrogens (tertiary/aromatic N) is 2. The maximum atomic E-state index is 12.8. The molecule has 1 aromatic heterocycles. The van der Waals surface area contributed by atoms with E-state index in [0.29, 0.717) is 12.2 Å². The number of aromatic nitrogens is 1. The molecule has 3 rings (SSSR count). The molecule has 1 amide bonds. The predicted octanol–water partition coefficient (Wildman–Crippen LogP) is 3.79. The van der Waals surface area contributed by atoms with Crippen molar-refractivity contribution in [3.05, 3.63) is 96.3 Å². The molecular weight excluding hydrogens is 298 g/mol. The highest BCUT2D eigenvalue weighted by molar-refractivity contribution is 5.93. The minimum atomic E-state index is -0.143. The molecule has 1 N–H and O–H groups in total. The molecule has 0 spiro atoms. The Morgan fingerprint density at radius 1 is 0.875 bits per heavy atom. The van der Waals surface area contributed by atoms with E-state index in [9.17, 15) is 4.79 Å². The molecule has 0 saturated carbocycles. The Hall–Kier alpha value is -3.14. The van der Waals surface area contributed by atoms with Crippen LogP contribution in [0.15, 0.2) is 85.1 Å². The first-order valence-electron chi connectivity index (χ1n) is 7.91. The summed E-state index contributed by atoms with van der Waals surface area (Å²) in [6, 6.07) is 25.1. The third-order valence-corrected chi connectivity index (χ3v) is 3.63. The number of carbonyl (C=O) groups is 1. The number of benzene rings is 2. The summed E-state index contributed by atoms with van der Waals surface area (Å²) in [7, 11) is 0. The molecule has 0 saturated heterocycles. The van der Waals surface area contributed by atoms with Crippen LogP contribution in [0, 0.1) is 0 Å². The Kier molecular flexibility index (Phi) is 5.20. The van der Waals surface area contributed by atoms with E-state index in [2.05, 4.69) is 22.5 Å². The molecule has 0 radical (unpaired) electrons. The monoisotopic (exact) mass is 317 g/mol. The summed E-state index contributed by atoms with van der Waals surface area (Å²) in [6.45, 7) is 0.550. The number of amides is 1. The second kappa shape index (κ2) is 7.92. The number of anilines is 1. The average molecular weight is 317 g/mol. The van der Waals surface area contributed by atoms with Crippen LogP contribution < -0.4 is 5.43 Å². The largest absolute Gasteiger partial charge is 0.296 e. The molecule has 2 aromatic carbocycles. The van der Waals surface area contributed by atoms with Crippen LogP contribution >= 0.6 is 0 Å². The third-order valence-electron chi connectivity index (χ3n) is 3.63. The number of para-hydroxylation sites is 1. The summed E-state index contributed by atoms with van der Waals surface area (Å²) in [5, 5.41) is 1.62. The lowest BCUT2D eigenvalue weighted by molar-refractivity contribution is 0.0789.